The van der Waals surface area contributed by atoms with Crippen LogP contribution in [-0.4, -0.2) is 35.6 Å². The van der Waals surface area contributed by atoms with E-state index in [0.29, 0.717) is 0 Å². The van der Waals surface area contributed by atoms with Crippen molar-refractivity contribution in [3.63, 3.8) is 0 Å². The topological polar surface area (TPSA) is 49.7 Å². The largest absolute Gasteiger partial charge is 0.394 e. The fourth-order valence-corrected chi connectivity index (χ4v) is 2.73. The molecule has 2 unspecified atom stereocenters. The maximum Gasteiger partial charge on any atom is 0.100 e. The summed E-state index contributed by atoms with van der Waals surface area (Å²) >= 11 is 0. The third-order valence-corrected chi connectivity index (χ3v) is 4.24. The Morgan fingerprint density at radius 1 is 0.727 bits per heavy atom. The highest BCUT2D eigenvalue weighted by Crippen LogP contribution is 2.16. The predicted octanol–water partition coefficient (Wildman–Crippen LogP) is 4.84. The maximum atomic E-state index is 9.39. The van der Waals surface area contributed by atoms with Crippen molar-refractivity contribution in [2.45, 2.75) is 110 Å². The van der Waals surface area contributed by atoms with Gasteiger partial charge in [-0.25, -0.2) is 0 Å². The van der Waals surface area contributed by atoms with Crippen LogP contribution < -0.4 is 0 Å². The number of rotatable bonds is 17. The average molecular weight is 317 g/mol. The number of aliphatic hydroxyl groups is 2. The highest BCUT2D eigenvalue weighted by molar-refractivity contribution is 4.61. The standard InChI is InChI=1S/C19H40O3/c1-3-5-7-8-9-10-11-12-13-15-19(14-6-4-2)22-17-18(21)16-20/h18-21H,3-17H2,1-2H3. The molecule has 0 radical (unpaired) electrons. The van der Waals surface area contributed by atoms with Gasteiger partial charge in [0, 0.05) is 0 Å². The van der Waals surface area contributed by atoms with Gasteiger partial charge in [-0.2, -0.15) is 0 Å². The smallest absolute Gasteiger partial charge is 0.100 e. The molecule has 0 amide bonds. The van der Waals surface area contributed by atoms with E-state index in [2.05, 4.69) is 13.8 Å². The summed E-state index contributed by atoms with van der Waals surface area (Å²) in [6.07, 6.45) is 16.2. The van der Waals surface area contributed by atoms with E-state index in [1.54, 1.807) is 0 Å². The summed E-state index contributed by atoms with van der Waals surface area (Å²) in [5.41, 5.74) is 0. The van der Waals surface area contributed by atoms with Crippen LogP contribution in [0.15, 0.2) is 0 Å². The van der Waals surface area contributed by atoms with Crippen LogP contribution in [0.2, 0.25) is 0 Å². The summed E-state index contributed by atoms with van der Waals surface area (Å²) in [6.45, 7) is 4.51. The summed E-state index contributed by atoms with van der Waals surface area (Å²) in [6, 6.07) is 0. The van der Waals surface area contributed by atoms with Crippen LogP contribution in [0.25, 0.3) is 0 Å². The van der Waals surface area contributed by atoms with Gasteiger partial charge in [0.25, 0.3) is 0 Å². The molecule has 2 N–H and O–H groups in total. The fourth-order valence-electron chi connectivity index (χ4n) is 2.73. The first-order valence-corrected chi connectivity index (χ1v) is 9.65. The van der Waals surface area contributed by atoms with E-state index in [9.17, 15) is 5.11 Å². The number of hydrogen-bond donors (Lipinski definition) is 2. The van der Waals surface area contributed by atoms with Crippen molar-refractivity contribution in [3.8, 4) is 0 Å². The highest BCUT2D eigenvalue weighted by atomic mass is 16.5. The van der Waals surface area contributed by atoms with Gasteiger partial charge < -0.3 is 14.9 Å². The maximum absolute atomic E-state index is 9.39. The van der Waals surface area contributed by atoms with Crippen LogP contribution in [-0.2, 0) is 4.74 Å². The molecule has 3 nitrogen and oxygen atoms in total. The Morgan fingerprint density at radius 2 is 1.23 bits per heavy atom. The van der Waals surface area contributed by atoms with Gasteiger partial charge in [0.15, 0.2) is 0 Å². The monoisotopic (exact) mass is 316 g/mol. The average Bonchev–Trinajstić information content (AvgIpc) is 2.54. The molecule has 0 aliphatic rings. The van der Waals surface area contributed by atoms with Crippen molar-refractivity contribution in [1.82, 2.24) is 0 Å². The molecule has 0 fully saturated rings. The molecule has 0 aromatic heterocycles. The van der Waals surface area contributed by atoms with Crippen molar-refractivity contribution in [1.29, 1.82) is 0 Å². The quantitative estimate of drug-likeness (QED) is 0.378. The second-order valence-electron chi connectivity index (χ2n) is 6.55. The van der Waals surface area contributed by atoms with Gasteiger partial charge in [-0.15, -0.1) is 0 Å². The zero-order valence-electron chi connectivity index (χ0n) is 15.1. The molecular formula is C19H40O3. The molecule has 0 saturated carbocycles. The molecule has 0 aromatic carbocycles. The van der Waals surface area contributed by atoms with Gasteiger partial charge in [-0.1, -0.05) is 84.5 Å². The minimum absolute atomic E-state index is 0.210. The van der Waals surface area contributed by atoms with Crippen molar-refractivity contribution in [2.24, 2.45) is 0 Å². The number of hydrogen-bond acceptors (Lipinski definition) is 3. The summed E-state index contributed by atoms with van der Waals surface area (Å²) in [4.78, 5) is 0. The van der Waals surface area contributed by atoms with Gasteiger partial charge in [-0.3, -0.25) is 0 Å². The Kier molecular flexibility index (Phi) is 17.1. The Hall–Kier alpha value is -0.120. The van der Waals surface area contributed by atoms with E-state index >= 15 is 0 Å². The normalized spacial score (nSPS) is 14.2. The molecular weight excluding hydrogens is 276 g/mol. The number of aliphatic hydroxyl groups excluding tert-OH is 2. The SMILES string of the molecule is CCCCCCCCCCCC(CCCC)OCC(O)CO. The summed E-state index contributed by atoms with van der Waals surface area (Å²) in [5, 5.41) is 18.2. The molecule has 2 atom stereocenters. The van der Waals surface area contributed by atoms with E-state index < -0.39 is 6.10 Å². The van der Waals surface area contributed by atoms with Gasteiger partial charge in [-0.05, 0) is 12.8 Å². The first-order chi connectivity index (χ1) is 10.7. The lowest BCUT2D eigenvalue weighted by atomic mass is 10.0. The number of ether oxygens (including phenoxy) is 1. The van der Waals surface area contributed by atoms with Gasteiger partial charge in [0.05, 0.1) is 19.3 Å². The Balaban J connectivity index is 3.57. The minimum Gasteiger partial charge on any atom is -0.394 e. The molecule has 22 heavy (non-hydrogen) atoms. The zero-order chi connectivity index (χ0) is 16.5. The molecule has 0 saturated heterocycles. The van der Waals surface area contributed by atoms with E-state index in [0.717, 1.165) is 12.8 Å². The van der Waals surface area contributed by atoms with E-state index in [-0.39, 0.29) is 19.3 Å². The molecule has 0 aromatic rings. The predicted molar refractivity (Wildman–Crippen MR) is 94.2 cm³/mol. The third kappa shape index (κ3) is 14.8. The molecule has 0 aliphatic heterocycles. The lowest BCUT2D eigenvalue weighted by molar-refractivity contribution is -0.0349. The molecule has 0 bridgehead atoms. The van der Waals surface area contributed by atoms with Gasteiger partial charge in [0.1, 0.15) is 6.10 Å². The van der Waals surface area contributed by atoms with Crippen LogP contribution in [0.4, 0.5) is 0 Å². The minimum atomic E-state index is -0.729. The van der Waals surface area contributed by atoms with Crippen molar-refractivity contribution in [3.05, 3.63) is 0 Å². The Bertz CT molecular complexity index is 209. The molecule has 0 rings (SSSR count). The van der Waals surface area contributed by atoms with Crippen LogP contribution >= 0.6 is 0 Å². The Morgan fingerprint density at radius 3 is 1.77 bits per heavy atom. The molecule has 0 spiro atoms. The first kappa shape index (κ1) is 21.9. The van der Waals surface area contributed by atoms with E-state index in [1.807, 2.05) is 0 Å². The van der Waals surface area contributed by atoms with Gasteiger partial charge in [0.2, 0.25) is 0 Å². The van der Waals surface area contributed by atoms with Crippen LogP contribution in [0.1, 0.15) is 97.3 Å². The lowest BCUT2D eigenvalue weighted by Crippen LogP contribution is -2.24. The van der Waals surface area contributed by atoms with E-state index in [4.69, 9.17) is 9.84 Å². The molecule has 3 heteroatoms. The van der Waals surface area contributed by atoms with Gasteiger partial charge >= 0.3 is 0 Å². The van der Waals surface area contributed by atoms with Crippen LogP contribution in [0, 0.1) is 0 Å². The van der Waals surface area contributed by atoms with Crippen LogP contribution in [0.5, 0.6) is 0 Å². The fraction of sp³-hybridized carbons (Fsp3) is 1.00. The van der Waals surface area contributed by atoms with Crippen LogP contribution in [0.3, 0.4) is 0 Å². The second-order valence-corrected chi connectivity index (χ2v) is 6.55. The first-order valence-electron chi connectivity index (χ1n) is 9.65. The Labute approximate surface area is 138 Å². The summed E-state index contributed by atoms with van der Waals surface area (Å²) in [7, 11) is 0. The summed E-state index contributed by atoms with van der Waals surface area (Å²) in [5.74, 6) is 0. The molecule has 134 valence electrons. The number of unbranched alkanes of at least 4 members (excludes halogenated alkanes) is 9. The van der Waals surface area contributed by atoms with Crippen molar-refractivity contribution in [2.75, 3.05) is 13.2 Å². The van der Waals surface area contributed by atoms with Crippen molar-refractivity contribution < 1.29 is 14.9 Å². The highest BCUT2D eigenvalue weighted by Gasteiger charge is 2.11. The summed E-state index contributed by atoms with van der Waals surface area (Å²) < 4.78 is 5.76. The van der Waals surface area contributed by atoms with Crippen molar-refractivity contribution >= 4 is 0 Å². The molecule has 0 aliphatic carbocycles. The molecule has 0 heterocycles. The second kappa shape index (κ2) is 17.2. The lowest BCUT2D eigenvalue weighted by Gasteiger charge is -2.19. The third-order valence-electron chi connectivity index (χ3n) is 4.24. The van der Waals surface area contributed by atoms with E-state index in [1.165, 1.54) is 70.6 Å². The zero-order valence-corrected chi connectivity index (χ0v) is 15.1.